The van der Waals surface area contributed by atoms with Crippen LogP contribution in [0.1, 0.15) is 11.3 Å². The molecule has 0 unspecified atom stereocenters. The molecule has 0 atom stereocenters. The molecule has 0 bridgehead atoms. The topological polar surface area (TPSA) is 64.0 Å². The third-order valence-corrected chi connectivity index (χ3v) is 5.34. The predicted octanol–water partition coefficient (Wildman–Crippen LogP) is 2.95. The number of benzene rings is 1. The number of halogens is 1. The minimum absolute atomic E-state index is 0.0725. The first kappa shape index (κ1) is 17.3. The van der Waals surface area contributed by atoms with Gasteiger partial charge in [0.1, 0.15) is 5.82 Å². The van der Waals surface area contributed by atoms with Crippen LogP contribution in [0, 0.1) is 12.7 Å². The molecule has 2 aromatic heterocycles. The van der Waals surface area contributed by atoms with Crippen molar-refractivity contribution >= 4 is 10.0 Å². The van der Waals surface area contributed by atoms with Gasteiger partial charge in [0.25, 0.3) is 10.0 Å². The number of aromatic nitrogens is 2. The van der Waals surface area contributed by atoms with Crippen LogP contribution in [0.3, 0.4) is 0 Å². The van der Waals surface area contributed by atoms with Crippen LogP contribution in [-0.2, 0) is 16.6 Å². The number of pyridine rings is 1. The molecule has 1 N–H and O–H groups in total. The summed E-state index contributed by atoms with van der Waals surface area (Å²) < 4.78 is 41.5. The van der Waals surface area contributed by atoms with Gasteiger partial charge in [-0.1, -0.05) is 18.2 Å². The monoisotopic (exact) mass is 359 g/mol. The number of hydrogen-bond donors (Lipinski definition) is 1. The van der Waals surface area contributed by atoms with E-state index in [-0.39, 0.29) is 16.3 Å². The largest absolute Gasteiger partial charge is 0.316 e. The molecule has 3 aromatic rings. The summed E-state index contributed by atoms with van der Waals surface area (Å²) in [6.45, 7) is 2.18. The Hall–Kier alpha value is -2.51. The summed E-state index contributed by atoms with van der Waals surface area (Å²) in [6.07, 6.45) is 1.50. The molecule has 0 fully saturated rings. The van der Waals surface area contributed by atoms with Crippen molar-refractivity contribution in [3.63, 3.8) is 0 Å². The Morgan fingerprint density at radius 3 is 2.60 bits per heavy atom. The maximum atomic E-state index is 14.3. The van der Waals surface area contributed by atoms with Gasteiger partial charge in [0, 0.05) is 24.0 Å². The van der Waals surface area contributed by atoms with E-state index in [1.54, 1.807) is 50.4 Å². The van der Waals surface area contributed by atoms with Crippen LogP contribution in [-0.4, -0.2) is 24.4 Å². The Kier molecular flexibility index (Phi) is 4.69. The smallest absolute Gasteiger partial charge is 0.285 e. The lowest BCUT2D eigenvalue weighted by molar-refractivity contribution is 0.583. The van der Waals surface area contributed by atoms with Gasteiger partial charge in [-0.3, -0.25) is 0 Å². The van der Waals surface area contributed by atoms with Crippen molar-refractivity contribution in [3.05, 3.63) is 71.8 Å². The van der Waals surface area contributed by atoms with Crippen LogP contribution in [0.25, 0.3) is 11.3 Å². The highest BCUT2D eigenvalue weighted by molar-refractivity contribution is 7.90. The van der Waals surface area contributed by atoms with Gasteiger partial charge >= 0.3 is 0 Å². The van der Waals surface area contributed by atoms with Crippen LogP contribution in [0.4, 0.5) is 4.39 Å². The summed E-state index contributed by atoms with van der Waals surface area (Å²) in [7, 11) is -2.18. The van der Waals surface area contributed by atoms with Gasteiger partial charge in [-0.05, 0) is 49.9 Å². The molecule has 2 heterocycles. The summed E-state index contributed by atoms with van der Waals surface area (Å²) in [5.41, 5.74) is 1.82. The number of rotatable bonds is 5. The molecule has 0 aliphatic heterocycles. The molecule has 0 aliphatic rings. The predicted molar refractivity (Wildman–Crippen MR) is 94.1 cm³/mol. The second-order valence-electron chi connectivity index (χ2n) is 5.66. The molecule has 25 heavy (non-hydrogen) atoms. The van der Waals surface area contributed by atoms with Gasteiger partial charge in [0.15, 0.2) is 5.03 Å². The van der Waals surface area contributed by atoms with Crippen molar-refractivity contribution in [1.82, 2.24) is 14.3 Å². The lowest BCUT2D eigenvalue weighted by Crippen LogP contribution is -2.15. The van der Waals surface area contributed by atoms with E-state index in [0.29, 0.717) is 12.2 Å². The fourth-order valence-corrected chi connectivity index (χ4v) is 4.02. The zero-order chi connectivity index (χ0) is 18.0. The van der Waals surface area contributed by atoms with Crippen LogP contribution < -0.4 is 5.32 Å². The van der Waals surface area contributed by atoms with E-state index in [4.69, 9.17) is 0 Å². The quantitative estimate of drug-likeness (QED) is 0.761. The zero-order valence-corrected chi connectivity index (χ0v) is 14.7. The van der Waals surface area contributed by atoms with Crippen LogP contribution in [0.5, 0.6) is 0 Å². The van der Waals surface area contributed by atoms with E-state index in [2.05, 4.69) is 10.3 Å². The fourth-order valence-electron chi connectivity index (χ4n) is 2.62. The van der Waals surface area contributed by atoms with E-state index in [9.17, 15) is 12.8 Å². The highest BCUT2D eigenvalue weighted by Gasteiger charge is 2.24. The Bertz CT molecular complexity index is 1010. The van der Waals surface area contributed by atoms with Crippen LogP contribution >= 0.6 is 0 Å². The molecule has 130 valence electrons. The van der Waals surface area contributed by atoms with E-state index in [1.165, 1.54) is 18.3 Å². The highest BCUT2D eigenvalue weighted by atomic mass is 32.2. The fraction of sp³-hybridized carbons (Fsp3) is 0.167. The first-order chi connectivity index (χ1) is 11.9. The number of aryl methyl sites for hydroxylation is 1. The van der Waals surface area contributed by atoms with Crippen LogP contribution in [0.15, 0.2) is 59.8 Å². The lowest BCUT2D eigenvalue weighted by Gasteiger charge is -2.11. The standard InChI is InChI=1S/C18H18FN3O2S/c1-13-6-5-9-18(21-13)25(23,24)22-12-14(11-20-2)10-17(22)15-7-3-4-8-16(15)19/h3-10,12,20H,11H2,1-2H3. The van der Waals surface area contributed by atoms with Crippen molar-refractivity contribution in [1.29, 1.82) is 0 Å². The van der Waals surface area contributed by atoms with E-state index >= 15 is 0 Å². The zero-order valence-electron chi connectivity index (χ0n) is 13.9. The van der Waals surface area contributed by atoms with Gasteiger partial charge in [0.05, 0.1) is 5.69 Å². The number of nitrogens with zero attached hydrogens (tertiary/aromatic N) is 2. The van der Waals surface area contributed by atoms with Gasteiger partial charge in [-0.15, -0.1) is 0 Å². The maximum absolute atomic E-state index is 14.3. The van der Waals surface area contributed by atoms with Crippen molar-refractivity contribution < 1.29 is 12.8 Å². The Morgan fingerprint density at radius 2 is 1.92 bits per heavy atom. The van der Waals surface area contributed by atoms with E-state index in [1.807, 2.05) is 0 Å². The molecule has 0 saturated carbocycles. The molecule has 0 amide bonds. The van der Waals surface area contributed by atoms with Crippen LogP contribution in [0.2, 0.25) is 0 Å². The first-order valence-corrected chi connectivity index (χ1v) is 9.17. The number of nitrogens with one attached hydrogen (secondary N) is 1. The summed E-state index contributed by atoms with van der Waals surface area (Å²) in [5, 5.41) is 2.90. The molecular formula is C18H18FN3O2S. The minimum atomic E-state index is -3.94. The normalized spacial score (nSPS) is 11.6. The maximum Gasteiger partial charge on any atom is 0.285 e. The van der Waals surface area contributed by atoms with Crippen molar-refractivity contribution in [2.45, 2.75) is 18.5 Å². The molecule has 7 heteroatoms. The summed E-state index contributed by atoms with van der Waals surface area (Å²) in [6, 6.07) is 12.6. The summed E-state index contributed by atoms with van der Waals surface area (Å²) in [5.74, 6) is -0.481. The van der Waals surface area contributed by atoms with Crippen molar-refractivity contribution in [2.75, 3.05) is 7.05 Å². The Labute approximate surface area is 146 Å². The minimum Gasteiger partial charge on any atom is -0.316 e. The summed E-state index contributed by atoms with van der Waals surface area (Å²) in [4.78, 5) is 4.12. The molecule has 0 spiro atoms. The molecule has 0 radical (unpaired) electrons. The van der Waals surface area contributed by atoms with Gasteiger partial charge in [0.2, 0.25) is 0 Å². The van der Waals surface area contributed by atoms with Crippen molar-refractivity contribution in [3.8, 4) is 11.3 Å². The highest BCUT2D eigenvalue weighted by Crippen LogP contribution is 2.28. The Balaban J connectivity index is 2.23. The van der Waals surface area contributed by atoms with E-state index < -0.39 is 15.8 Å². The third kappa shape index (κ3) is 3.33. The second-order valence-corrected chi connectivity index (χ2v) is 7.42. The molecule has 5 nitrogen and oxygen atoms in total. The lowest BCUT2D eigenvalue weighted by atomic mass is 10.1. The molecular weight excluding hydrogens is 341 g/mol. The molecule has 0 aliphatic carbocycles. The molecule has 1 aromatic carbocycles. The average molecular weight is 359 g/mol. The van der Waals surface area contributed by atoms with Gasteiger partial charge < -0.3 is 5.32 Å². The first-order valence-electron chi connectivity index (χ1n) is 7.73. The molecule has 3 rings (SSSR count). The van der Waals surface area contributed by atoms with Gasteiger partial charge in [-0.25, -0.2) is 13.3 Å². The Morgan fingerprint density at radius 1 is 1.16 bits per heavy atom. The SMILES string of the molecule is CNCc1cc(-c2ccccc2F)n(S(=O)(=O)c2cccc(C)n2)c1. The second kappa shape index (κ2) is 6.78. The summed E-state index contributed by atoms with van der Waals surface area (Å²) >= 11 is 0. The molecule has 0 saturated heterocycles. The average Bonchev–Trinajstić information content (AvgIpc) is 3.00. The van der Waals surface area contributed by atoms with E-state index in [0.717, 1.165) is 9.54 Å². The van der Waals surface area contributed by atoms with Crippen molar-refractivity contribution in [2.24, 2.45) is 0 Å². The third-order valence-electron chi connectivity index (χ3n) is 3.76. The van der Waals surface area contributed by atoms with Gasteiger partial charge in [-0.2, -0.15) is 8.42 Å². The number of hydrogen-bond acceptors (Lipinski definition) is 4.